The van der Waals surface area contributed by atoms with Crippen LogP contribution in [0.25, 0.3) is 0 Å². The Hall–Kier alpha value is 2.52. The van der Waals surface area contributed by atoms with Gasteiger partial charge in [-0.15, -0.1) is 0 Å². The smallest absolute Gasteiger partial charge is 1.00 e. The average Bonchev–Trinajstić information content (AvgIpc) is 1.96. The van der Waals surface area contributed by atoms with E-state index < -0.39 is 44.2 Å². The van der Waals surface area contributed by atoms with Crippen LogP contribution in [0.5, 0.6) is 0 Å². The molecule has 0 aromatic heterocycles. The topological polar surface area (TPSA) is 179 Å². The molecule has 0 amide bonds. The van der Waals surface area contributed by atoms with Gasteiger partial charge in [-0.25, -0.2) is 9.36 Å². The maximum Gasteiger partial charge on any atom is 1.00 e. The van der Waals surface area contributed by atoms with Gasteiger partial charge in [0, 0.05) is 0 Å². The van der Waals surface area contributed by atoms with E-state index in [0.29, 0.717) is 0 Å². The molecular formula is C6H13Na4O10P. The fourth-order valence-corrected chi connectivity index (χ4v) is 1.70. The van der Waals surface area contributed by atoms with E-state index in [1.807, 2.05) is 0 Å². The number of hydrogen-bond donors (Lipinski definition) is 5. The van der Waals surface area contributed by atoms with Crippen molar-refractivity contribution >= 4 is 25.7 Å². The summed E-state index contributed by atoms with van der Waals surface area (Å²) in [5.41, 5.74) is -3.02. The standard InChI is InChI=1S/C6H9O10P.4Na.4H/c7-3(8)1-6(5(11)12,2-4(9)10)16-17(13,14)15;;;;;;;;/h1-2H2,(H,7,8)(H,9,10)(H,11,12)(H2,13,14,15);;;;;;;;/q;4*+1;4*-1. The summed E-state index contributed by atoms with van der Waals surface area (Å²) in [4.78, 5) is 48.5. The zero-order valence-electron chi connectivity index (χ0n) is 16.1. The summed E-state index contributed by atoms with van der Waals surface area (Å²) in [6.45, 7) is 0. The molecule has 5 N–H and O–H groups in total. The van der Waals surface area contributed by atoms with Crippen LogP contribution in [0.4, 0.5) is 0 Å². The van der Waals surface area contributed by atoms with Crippen LogP contribution < -0.4 is 118 Å². The summed E-state index contributed by atoms with van der Waals surface area (Å²) >= 11 is 0. The van der Waals surface area contributed by atoms with Gasteiger partial charge in [-0.2, -0.15) is 0 Å². The van der Waals surface area contributed by atoms with Gasteiger partial charge in [-0.1, -0.05) is 0 Å². The van der Waals surface area contributed by atoms with Crippen molar-refractivity contribution in [2.45, 2.75) is 18.4 Å². The first-order valence-corrected chi connectivity index (χ1v) is 5.45. The van der Waals surface area contributed by atoms with Gasteiger partial charge in [0.2, 0.25) is 0 Å². The number of rotatable bonds is 7. The van der Waals surface area contributed by atoms with Crippen LogP contribution in [0.2, 0.25) is 0 Å². The Balaban J connectivity index is -0.0000000457. The molecule has 0 radical (unpaired) electrons. The van der Waals surface area contributed by atoms with E-state index in [-0.39, 0.29) is 124 Å². The Bertz CT molecular complexity index is 395. The normalized spacial score (nSPS) is 9.81. The molecule has 0 rings (SSSR count). The molecule has 0 aliphatic carbocycles. The molecule has 0 saturated heterocycles. The van der Waals surface area contributed by atoms with Gasteiger partial charge in [0.05, 0.1) is 12.8 Å². The molecule has 0 saturated carbocycles. The third-order valence-electron chi connectivity index (χ3n) is 1.56. The van der Waals surface area contributed by atoms with E-state index in [1.54, 1.807) is 0 Å². The van der Waals surface area contributed by atoms with Gasteiger partial charge < -0.3 is 30.8 Å². The van der Waals surface area contributed by atoms with E-state index in [0.717, 1.165) is 0 Å². The Morgan fingerprint density at radius 3 is 1.33 bits per heavy atom. The third-order valence-corrected chi connectivity index (χ3v) is 2.14. The molecule has 0 aromatic carbocycles. The minimum absolute atomic E-state index is 0. The summed E-state index contributed by atoms with van der Waals surface area (Å²) in [5.74, 6) is -5.64. The van der Waals surface area contributed by atoms with Crippen molar-refractivity contribution in [2.75, 3.05) is 0 Å². The zero-order valence-corrected chi connectivity index (χ0v) is 21.0. The molecule has 0 unspecified atom stereocenters. The van der Waals surface area contributed by atoms with Crippen LogP contribution in [-0.2, 0) is 23.5 Å². The molecule has 0 atom stereocenters. The van der Waals surface area contributed by atoms with Crippen molar-refractivity contribution in [3.63, 3.8) is 0 Å². The molecule has 0 aliphatic heterocycles. The van der Waals surface area contributed by atoms with E-state index in [9.17, 15) is 18.9 Å². The number of carboxylic acids is 3. The number of phosphoric acid groups is 1. The van der Waals surface area contributed by atoms with Gasteiger partial charge in [0.15, 0.2) is 5.60 Å². The predicted octanol–water partition coefficient (Wildman–Crippen LogP) is -12.7. The Morgan fingerprint density at radius 2 is 1.19 bits per heavy atom. The second-order valence-electron chi connectivity index (χ2n) is 3.02. The van der Waals surface area contributed by atoms with Crippen LogP contribution in [0.1, 0.15) is 18.5 Å². The molecule has 0 aliphatic rings. The number of hydrogen-bond acceptors (Lipinski definition) is 5. The molecule has 15 heteroatoms. The Morgan fingerprint density at radius 1 is 0.905 bits per heavy atom. The van der Waals surface area contributed by atoms with E-state index in [4.69, 9.17) is 25.1 Å². The maximum absolute atomic E-state index is 10.8. The second-order valence-corrected chi connectivity index (χ2v) is 4.19. The Kier molecular flexibility index (Phi) is 24.6. The summed E-state index contributed by atoms with van der Waals surface area (Å²) in [7, 11) is -5.36. The van der Waals surface area contributed by atoms with Gasteiger partial charge >= 0.3 is 144 Å². The quantitative estimate of drug-likeness (QED) is 0.214. The summed E-state index contributed by atoms with van der Waals surface area (Å²) < 4.78 is 14.4. The number of phosphoric ester groups is 1. The van der Waals surface area contributed by atoms with E-state index >= 15 is 0 Å². The van der Waals surface area contributed by atoms with E-state index in [2.05, 4.69) is 4.52 Å². The molecule has 0 fully saturated rings. The fourth-order valence-electron chi connectivity index (χ4n) is 1.03. The van der Waals surface area contributed by atoms with Crippen molar-refractivity contribution in [2.24, 2.45) is 0 Å². The third kappa shape index (κ3) is 15.8. The van der Waals surface area contributed by atoms with E-state index in [1.165, 1.54) is 0 Å². The summed E-state index contributed by atoms with van der Waals surface area (Å²) in [6, 6.07) is 0. The predicted molar refractivity (Wildman–Crippen MR) is 52.4 cm³/mol. The van der Waals surface area contributed by atoms with Crippen molar-refractivity contribution < 1.29 is 173 Å². The average molecular weight is 368 g/mol. The van der Waals surface area contributed by atoms with Crippen molar-refractivity contribution in [1.29, 1.82) is 0 Å². The number of aliphatic carboxylic acids is 3. The van der Waals surface area contributed by atoms with Crippen LogP contribution in [0.15, 0.2) is 0 Å². The SMILES string of the molecule is O=C(O)CC(CC(=O)O)(OP(=O)(O)O)C(=O)O.[H-].[H-].[H-].[H-].[Na+].[Na+].[Na+].[Na+]. The van der Waals surface area contributed by atoms with Gasteiger partial charge in [0.25, 0.3) is 0 Å². The first-order valence-electron chi connectivity index (χ1n) is 3.92. The van der Waals surface area contributed by atoms with Crippen molar-refractivity contribution in [1.82, 2.24) is 0 Å². The molecule has 21 heavy (non-hydrogen) atoms. The van der Waals surface area contributed by atoms with Crippen LogP contribution >= 0.6 is 7.82 Å². The molecule has 10 nitrogen and oxygen atoms in total. The van der Waals surface area contributed by atoms with Crippen LogP contribution in [-0.4, -0.2) is 48.6 Å². The Labute approximate surface area is 213 Å². The molecule has 0 heterocycles. The summed E-state index contributed by atoms with van der Waals surface area (Å²) in [6.07, 6.45) is -2.81. The second kappa shape index (κ2) is 14.8. The largest absolute Gasteiger partial charge is 1.00 e. The first-order chi connectivity index (χ1) is 7.48. The van der Waals surface area contributed by atoms with Gasteiger partial charge in [-0.05, 0) is 0 Å². The first kappa shape index (κ1) is 34.8. The molecule has 0 spiro atoms. The number of carbonyl (C=O) groups is 3. The van der Waals surface area contributed by atoms with Crippen molar-refractivity contribution in [3.05, 3.63) is 0 Å². The number of carboxylic acid groups (broad SMARTS) is 3. The minimum Gasteiger partial charge on any atom is -1.00 e. The van der Waals surface area contributed by atoms with Gasteiger partial charge in [0.1, 0.15) is 0 Å². The summed E-state index contributed by atoms with van der Waals surface area (Å²) in [5, 5.41) is 25.5. The minimum atomic E-state index is -5.36. The monoisotopic (exact) mass is 368 g/mol. The molecule has 0 aromatic rings. The van der Waals surface area contributed by atoms with Crippen molar-refractivity contribution in [3.8, 4) is 0 Å². The zero-order chi connectivity index (χ0) is 13.9. The van der Waals surface area contributed by atoms with Gasteiger partial charge in [-0.3, -0.25) is 14.1 Å². The molecular weight excluding hydrogens is 355 g/mol. The molecule has 0 bridgehead atoms. The maximum atomic E-state index is 10.8. The van der Waals surface area contributed by atoms with Crippen LogP contribution in [0.3, 0.4) is 0 Å². The molecule has 106 valence electrons. The van der Waals surface area contributed by atoms with Crippen LogP contribution in [0, 0.1) is 0 Å². The fraction of sp³-hybridized carbons (Fsp3) is 0.500.